The molecular weight excluding hydrogens is 314 g/mol. The van der Waals surface area contributed by atoms with E-state index in [-0.39, 0.29) is 17.8 Å². The molecule has 8 heteroatoms. The molecule has 1 amide bonds. The Labute approximate surface area is 137 Å². The monoisotopic (exact) mass is 331 g/mol. The Balaban J connectivity index is 1.61. The standard InChI is InChI=1S/C16H17N3O5/c1-10(14(21)17-12-7-8-12)23-13(20)9-19-16(22)24-15(18-19)11-5-3-2-4-6-11/h2-6,10,12H,7-9H2,1H3,(H,17,21)/t10-/m0/s1. The lowest BCUT2D eigenvalue weighted by Crippen LogP contribution is -2.38. The average Bonchev–Trinajstić information content (AvgIpc) is 3.30. The van der Waals surface area contributed by atoms with E-state index in [0.29, 0.717) is 5.56 Å². The maximum absolute atomic E-state index is 11.9. The van der Waals surface area contributed by atoms with Gasteiger partial charge in [-0.25, -0.2) is 4.79 Å². The molecule has 8 nitrogen and oxygen atoms in total. The van der Waals surface area contributed by atoms with Crippen molar-refractivity contribution in [2.24, 2.45) is 0 Å². The van der Waals surface area contributed by atoms with Gasteiger partial charge in [-0.3, -0.25) is 9.59 Å². The maximum Gasteiger partial charge on any atom is 0.437 e. The summed E-state index contributed by atoms with van der Waals surface area (Å²) < 4.78 is 10.9. The van der Waals surface area contributed by atoms with E-state index in [1.54, 1.807) is 24.3 Å². The summed E-state index contributed by atoms with van der Waals surface area (Å²) in [5.74, 6) is -1.72. The first-order valence-corrected chi connectivity index (χ1v) is 7.66. The number of ether oxygens (including phenoxy) is 1. The fourth-order valence-electron chi connectivity index (χ4n) is 2.06. The van der Waals surface area contributed by atoms with Crippen molar-refractivity contribution in [1.29, 1.82) is 0 Å². The Kier molecular flexibility index (Phi) is 4.45. The molecule has 0 spiro atoms. The molecular formula is C16H17N3O5. The van der Waals surface area contributed by atoms with Gasteiger partial charge in [0.15, 0.2) is 6.10 Å². The zero-order valence-corrected chi connectivity index (χ0v) is 13.1. The van der Waals surface area contributed by atoms with Crippen molar-refractivity contribution in [3.8, 4) is 11.5 Å². The number of esters is 1. The van der Waals surface area contributed by atoms with Gasteiger partial charge < -0.3 is 14.5 Å². The fourth-order valence-corrected chi connectivity index (χ4v) is 2.06. The number of carbonyl (C=O) groups excluding carboxylic acids is 2. The van der Waals surface area contributed by atoms with E-state index < -0.39 is 24.4 Å². The number of amides is 1. The Bertz CT molecular complexity index is 792. The van der Waals surface area contributed by atoms with Crippen molar-refractivity contribution in [2.75, 3.05) is 0 Å². The molecule has 0 bridgehead atoms. The summed E-state index contributed by atoms with van der Waals surface area (Å²) in [7, 11) is 0. The molecule has 1 saturated carbocycles. The number of aromatic nitrogens is 2. The largest absolute Gasteiger partial charge is 0.451 e. The molecule has 3 rings (SSSR count). The Morgan fingerprint density at radius 2 is 2.08 bits per heavy atom. The number of hydrogen-bond donors (Lipinski definition) is 1. The van der Waals surface area contributed by atoms with E-state index in [2.05, 4.69) is 10.4 Å². The Morgan fingerprint density at radius 3 is 2.75 bits per heavy atom. The third-order valence-corrected chi connectivity index (χ3v) is 3.51. The summed E-state index contributed by atoms with van der Waals surface area (Å²) >= 11 is 0. The van der Waals surface area contributed by atoms with Crippen molar-refractivity contribution >= 4 is 11.9 Å². The van der Waals surface area contributed by atoms with Gasteiger partial charge in [0.1, 0.15) is 6.54 Å². The van der Waals surface area contributed by atoms with Gasteiger partial charge in [-0.1, -0.05) is 18.2 Å². The topological polar surface area (TPSA) is 103 Å². The van der Waals surface area contributed by atoms with Gasteiger partial charge in [-0.15, -0.1) is 5.10 Å². The first-order chi connectivity index (χ1) is 11.5. The van der Waals surface area contributed by atoms with Gasteiger partial charge in [-0.05, 0) is 31.9 Å². The van der Waals surface area contributed by atoms with Gasteiger partial charge in [0.05, 0.1) is 0 Å². The minimum absolute atomic E-state index is 0.118. The van der Waals surface area contributed by atoms with Crippen molar-refractivity contribution < 1.29 is 18.7 Å². The second-order valence-electron chi connectivity index (χ2n) is 5.61. The third kappa shape index (κ3) is 3.89. The molecule has 126 valence electrons. The molecule has 1 N–H and O–H groups in total. The van der Waals surface area contributed by atoms with Gasteiger partial charge in [-0.2, -0.15) is 4.68 Å². The van der Waals surface area contributed by atoms with Crippen molar-refractivity contribution in [1.82, 2.24) is 15.1 Å². The summed E-state index contributed by atoms with van der Waals surface area (Å²) in [6.07, 6.45) is 0.973. The lowest BCUT2D eigenvalue weighted by atomic mass is 10.2. The fraction of sp³-hybridized carbons (Fsp3) is 0.375. The van der Waals surface area contributed by atoms with Crippen LogP contribution in [0.3, 0.4) is 0 Å². The second kappa shape index (κ2) is 6.69. The van der Waals surface area contributed by atoms with Crippen LogP contribution >= 0.6 is 0 Å². The molecule has 0 aliphatic heterocycles. The molecule has 1 atom stereocenters. The highest BCUT2D eigenvalue weighted by Crippen LogP contribution is 2.18. The molecule has 1 aliphatic rings. The van der Waals surface area contributed by atoms with Crippen LogP contribution in [0.4, 0.5) is 0 Å². The molecule has 0 saturated heterocycles. The summed E-state index contributed by atoms with van der Waals surface area (Å²) in [5, 5.41) is 6.71. The van der Waals surface area contributed by atoms with Crippen molar-refractivity contribution in [3.05, 3.63) is 40.9 Å². The van der Waals surface area contributed by atoms with E-state index in [0.717, 1.165) is 17.5 Å². The summed E-state index contributed by atoms with van der Waals surface area (Å²) in [5.41, 5.74) is 0.624. The van der Waals surface area contributed by atoms with Crippen LogP contribution in [-0.4, -0.2) is 33.8 Å². The minimum atomic E-state index is -0.922. The average molecular weight is 331 g/mol. The maximum atomic E-state index is 11.9. The summed E-state index contributed by atoms with van der Waals surface area (Å²) in [6, 6.07) is 9.04. The van der Waals surface area contributed by atoms with Crippen LogP contribution in [0, 0.1) is 0 Å². The number of nitrogens with zero attached hydrogens (tertiary/aromatic N) is 2. The molecule has 1 aromatic carbocycles. The van der Waals surface area contributed by atoms with E-state index in [1.165, 1.54) is 6.92 Å². The second-order valence-corrected chi connectivity index (χ2v) is 5.61. The van der Waals surface area contributed by atoms with Crippen LogP contribution in [-0.2, 0) is 20.9 Å². The third-order valence-electron chi connectivity index (χ3n) is 3.51. The number of rotatable bonds is 6. The number of carbonyl (C=O) groups is 2. The van der Waals surface area contributed by atoms with E-state index in [1.807, 2.05) is 6.07 Å². The van der Waals surface area contributed by atoms with Crippen LogP contribution in [0.5, 0.6) is 0 Å². The predicted molar refractivity (Wildman–Crippen MR) is 82.9 cm³/mol. The highest BCUT2D eigenvalue weighted by atomic mass is 16.5. The van der Waals surface area contributed by atoms with Gasteiger partial charge >= 0.3 is 11.7 Å². The van der Waals surface area contributed by atoms with E-state index in [4.69, 9.17) is 9.15 Å². The lowest BCUT2D eigenvalue weighted by molar-refractivity contribution is -0.155. The van der Waals surface area contributed by atoms with Crippen molar-refractivity contribution in [2.45, 2.75) is 38.5 Å². The summed E-state index contributed by atoms with van der Waals surface area (Å²) in [4.78, 5) is 35.4. The number of hydrogen-bond acceptors (Lipinski definition) is 6. The van der Waals surface area contributed by atoms with Crippen LogP contribution in [0.25, 0.3) is 11.5 Å². The highest BCUT2D eigenvalue weighted by Gasteiger charge is 2.27. The van der Waals surface area contributed by atoms with E-state index >= 15 is 0 Å². The van der Waals surface area contributed by atoms with Gasteiger partial charge in [0.2, 0.25) is 5.89 Å². The molecule has 1 heterocycles. The Morgan fingerprint density at radius 1 is 1.38 bits per heavy atom. The summed E-state index contributed by atoms with van der Waals surface area (Å²) in [6.45, 7) is 1.06. The quantitative estimate of drug-likeness (QED) is 0.782. The van der Waals surface area contributed by atoms with Crippen LogP contribution in [0.1, 0.15) is 19.8 Å². The molecule has 1 fully saturated rings. The first-order valence-electron chi connectivity index (χ1n) is 7.66. The molecule has 2 aromatic rings. The number of nitrogens with one attached hydrogen (secondary N) is 1. The Hall–Kier alpha value is -2.90. The van der Waals surface area contributed by atoms with Crippen LogP contribution in [0.2, 0.25) is 0 Å². The molecule has 1 aliphatic carbocycles. The van der Waals surface area contributed by atoms with Crippen LogP contribution < -0.4 is 11.1 Å². The SMILES string of the molecule is C[C@H](OC(=O)Cn1nc(-c2ccccc2)oc1=O)C(=O)NC1CC1. The van der Waals surface area contributed by atoms with Crippen LogP contribution in [0.15, 0.2) is 39.5 Å². The van der Waals surface area contributed by atoms with Gasteiger partial charge in [0, 0.05) is 11.6 Å². The molecule has 24 heavy (non-hydrogen) atoms. The number of benzene rings is 1. The predicted octanol–water partition coefficient (Wildman–Crippen LogP) is 0.714. The smallest absolute Gasteiger partial charge is 0.437 e. The first kappa shape index (κ1) is 16.0. The van der Waals surface area contributed by atoms with E-state index in [9.17, 15) is 14.4 Å². The molecule has 0 unspecified atom stereocenters. The highest BCUT2D eigenvalue weighted by molar-refractivity contribution is 5.83. The van der Waals surface area contributed by atoms with Gasteiger partial charge in [0.25, 0.3) is 5.91 Å². The zero-order chi connectivity index (χ0) is 17.1. The molecule has 1 aromatic heterocycles. The minimum Gasteiger partial charge on any atom is -0.451 e. The zero-order valence-electron chi connectivity index (χ0n) is 13.1. The lowest BCUT2D eigenvalue weighted by Gasteiger charge is -2.12. The normalized spacial score (nSPS) is 14.9. The molecule has 0 radical (unpaired) electrons. The van der Waals surface area contributed by atoms with Crippen molar-refractivity contribution in [3.63, 3.8) is 0 Å².